The second-order valence-corrected chi connectivity index (χ2v) is 19.0. The fourth-order valence-electron chi connectivity index (χ4n) is 9.23. The maximum Gasteiger partial charge on any atom is 0.586 e. The summed E-state index contributed by atoms with van der Waals surface area (Å²) in [6.07, 6.45) is 1.31. The van der Waals surface area contributed by atoms with E-state index in [0.717, 1.165) is 17.4 Å². The van der Waals surface area contributed by atoms with E-state index < -0.39 is 17.3 Å². The van der Waals surface area contributed by atoms with Gasteiger partial charge in [0.2, 0.25) is 11.8 Å². The number of amides is 3. The molecule has 392 valence electrons. The predicted molar refractivity (Wildman–Crippen MR) is 274 cm³/mol. The molecule has 3 aliphatic rings. The summed E-state index contributed by atoms with van der Waals surface area (Å²) in [5.41, 5.74) is 3.10. The molecule has 4 aromatic carbocycles. The Morgan fingerprint density at radius 1 is 0.853 bits per heavy atom. The zero-order valence-corrected chi connectivity index (χ0v) is 41.4. The van der Waals surface area contributed by atoms with Crippen LogP contribution in [-0.2, 0) is 42.2 Å². The number of hydrogen-bond acceptors (Lipinski definition) is 14. The van der Waals surface area contributed by atoms with Gasteiger partial charge in [-0.15, -0.1) is 8.78 Å². The minimum absolute atomic E-state index is 0.0554. The average Bonchev–Trinajstić information content (AvgIpc) is 4.19. The number of alkyl halides is 2. The van der Waals surface area contributed by atoms with Gasteiger partial charge >= 0.3 is 6.29 Å². The van der Waals surface area contributed by atoms with Crippen molar-refractivity contribution in [1.82, 2.24) is 30.1 Å². The van der Waals surface area contributed by atoms with Crippen molar-refractivity contribution in [2.45, 2.75) is 69.3 Å². The number of aldehydes is 1. The smallest absolute Gasteiger partial charge is 0.395 e. The highest BCUT2D eigenvalue weighted by Crippen LogP contribution is 2.56. The number of aromatic nitrogens is 3. The molecule has 5 N–H and O–H groups in total. The molecule has 1 saturated heterocycles. The predicted octanol–water partition coefficient (Wildman–Crippen LogP) is 6.04. The number of piperidine rings is 1. The van der Waals surface area contributed by atoms with Gasteiger partial charge in [-0.2, -0.15) is 0 Å². The summed E-state index contributed by atoms with van der Waals surface area (Å²) in [5.74, 6) is -0.664. The Labute approximate surface area is 430 Å². The van der Waals surface area contributed by atoms with Gasteiger partial charge in [0.1, 0.15) is 18.7 Å². The molecule has 1 saturated carbocycles. The van der Waals surface area contributed by atoms with Gasteiger partial charge in [0, 0.05) is 56.0 Å². The number of halogens is 2. The van der Waals surface area contributed by atoms with E-state index in [-0.39, 0.29) is 80.0 Å². The van der Waals surface area contributed by atoms with Crippen LogP contribution in [0.15, 0.2) is 108 Å². The number of rotatable bonds is 23. The Morgan fingerprint density at radius 3 is 2.44 bits per heavy atom. The van der Waals surface area contributed by atoms with Crippen LogP contribution in [0.1, 0.15) is 59.2 Å². The van der Waals surface area contributed by atoms with Crippen molar-refractivity contribution in [1.29, 1.82) is 0 Å². The molecule has 0 atom stereocenters. The van der Waals surface area contributed by atoms with Gasteiger partial charge in [-0.05, 0) is 98.2 Å². The highest BCUT2D eigenvalue weighted by molar-refractivity contribution is 5.95. The molecule has 18 nitrogen and oxygen atoms in total. The molecule has 0 bridgehead atoms. The fourth-order valence-corrected chi connectivity index (χ4v) is 9.23. The first-order chi connectivity index (χ1) is 36.2. The van der Waals surface area contributed by atoms with E-state index >= 15 is 0 Å². The Balaban J connectivity index is 0.652. The van der Waals surface area contributed by atoms with Gasteiger partial charge in [-0.1, -0.05) is 54.6 Å². The van der Waals surface area contributed by atoms with Crippen LogP contribution in [0.3, 0.4) is 0 Å². The van der Waals surface area contributed by atoms with E-state index in [1.165, 1.54) is 17.0 Å². The molecular formula is C55H58F2N8O10. The maximum atomic E-state index is 14.2. The second kappa shape index (κ2) is 22.8. The molecule has 20 heteroatoms. The lowest BCUT2D eigenvalue weighted by atomic mass is 9.91. The molecule has 3 amide bonds. The summed E-state index contributed by atoms with van der Waals surface area (Å²) in [7, 11) is 0. The molecule has 2 aliphatic heterocycles. The lowest BCUT2D eigenvalue weighted by molar-refractivity contribution is -0.286. The molecule has 2 aromatic heterocycles. The fraction of sp³-hybridized carbons (Fsp3) is 0.364. The van der Waals surface area contributed by atoms with Gasteiger partial charge in [0.15, 0.2) is 11.5 Å². The molecule has 4 heterocycles. The van der Waals surface area contributed by atoms with Crippen molar-refractivity contribution in [2.75, 3.05) is 69.8 Å². The molecular weight excluding hydrogens is 971 g/mol. The van der Waals surface area contributed by atoms with Crippen molar-refractivity contribution in [2.24, 2.45) is 0 Å². The minimum atomic E-state index is -3.87. The topological polar surface area (TPSA) is 225 Å². The van der Waals surface area contributed by atoms with Gasteiger partial charge in [0.05, 0.1) is 66.0 Å². The number of hydrogen-bond donors (Lipinski definition) is 5. The van der Waals surface area contributed by atoms with Crippen molar-refractivity contribution in [3.05, 3.63) is 136 Å². The van der Waals surface area contributed by atoms with Crippen LogP contribution < -0.4 is 36.3 Å². The number of likely N-dealkylation sites (tertiary alicyclic amines) is 1. The summed E-state index contributed by atoms with van der Waals surface area (Å²) in [6, 6.07) is 28.4. The zero-order chi connectivity index (χ0) is 52.6. The van der Waals surface area contributed by atoms with Gasteiger partial charge in [-0.3, -0.25) is 23.7 Å². The molecule has 2 fully saturated rings. The van der Waals surface area contributed by atoms with Crippen molar-refractivity contribution >= 4 is 52.1 Å². The number of benzene rings is 4. The lowest BCUT2D eigenvalue weighted by Gasteiger charge is -2.38. The van der Waals surface area contributed by atoms with Crippen molar-refractivity contribution < 1.29 is 52.0 Å². The van der Waals surface area contributed by atoms with E-state index in [1.807, 2.05) is 37.3 Å². The molecule has 1 aliphatic carbocycles. The van der Waals surface area contributed by atoms with Crippen LogP contribution in [0.2, 0.25) is 0 Å². The first-order valence-corrected chi connectivity index (χ1v) is 24.9. The number of pyridine rings is 1. The first kappa shape index (κ1) is 52.1. The monoisotopic (exact) mass is 1030 g/mol. The highest BCUT2D eigenvalue weighted by Gasteiger charge is 2.50. The van der Waals surface area contributed by atoms with Gasteiger partial charge < -0.3 is 55.0 Å². The SMILES string of the molecule is Cc1ccc(Nc2c(C3(C=O)CC3)ccc3c2OC(F)(F)O3)nc1-c1cccc(C(=O)NCCOCCOCC(=O)NCCNc2ccc3c(=O)n(CC4(O)CCN(C(=O)CCc5ccccc5)CC4)cnc3c2)c1. The minimum Gasteiger partial charge on any atom is -0.395 e. The summed E-state index contributed by atoms with van der Waals surface area (Å²) in [6.45, 7) is 4.05. The molecule has 0 radical (unpaired) electrons. The van der Waals surface area contributed by atoms with Crippen LogP contribution in [0.4, 0.5) is 26.0 Å². The number of aryl methyl sites for hydroxylation is 2. The molecule has 0 unspecified atom stereocenters. The van der Waals surface area contributed by atoms with Gasteiger partial charge in [0.25, 0.3) is 11.5 Å². The first-order valence-electron chi connectivity index (χ1n) is 24.9. The standard InChI is InChI=1S/C55H58F2N8O10/c1-36-10-16-45(63-49-42(53(34-66)18-19-53)14-15-44-50(49)75-55(56,57)74-44)62-48(36)38-8-5-9-39(30-38)51(69)60-24-27-72-28-29-73-32-46(67)59-23-22-58-40-12-13-41-43(31-40)61-35-65(52(41)70)33-54(71)20-25-64(26-21-54)47(68)17-11-37-6-3-2-4-7-37/h2-10,12-16,30-31,34-35,58,71H,11,17-29,32-33H2,1H3,(H,59,67)(H,60,69)(H,62,63). The normalized spacial score (nSPS) is 15.8. The lowest BCUT2D eigenvalue weighted by Crippen LogP contribution is -2.49. The number of nitrogens with one attached hydrogen (secondary N) is 4. The number of aliphatic hydroxyl groups is 1. The van der Waals surface area contributed by atoms with Crippen molar-refractivity contribution in [3.8, 4) is 22.8 Å². The Hall–Kier alpha value is -7.81. The third kappa shape index (κ3) is 12.8. The summed E-state index contributed by atoms with van der Waals surface area (Å²) in [5, 5.41) is 23.7. The summed E-state index contributed by atoms with van der Waals surface area (Å²) < 4.78 is 50.3. The van der Waals surface area contributed by atoms with E-state index in [1.54, 1.807) is 65.6 Å². The third-order valence-electron chi connectivity index (χ3n) is 13.6. The number of carbonyl (C=O) groups is 4. The second-order valence-electron chi connectivity index (χ2n) is 19.0. The largest absolute Gasteiger partial charge is 0.586 e. The van der Waals surface area contributed by atoms with Crippen LogP contribution in [0.5, 0.6) is 11.5 Å². The van der Waals surface area contributed by atoms with Crippen molar-refractivity contribution in [3.63, 3.8) is 0 Å². The average molecular weight is 1030 g/mol. The number of anilines is 3. The zero-order valence-electron chi connectivity index (χ0n) is 41.4. The number of nitrogens with zero attached hydrogens (tertiary/aromatic N) is 4. The van der Waals surface area contributed by atoms with E-state index in [2.05, 4.69) is 31.0 Å². The third-order valence-corrected chi connectivity index (χ3v) is 13.6. The van der Waals surface area contributed by atoms with E-state index in [0.29, 0.717) is 109 Å². The van der Waals surface area contributed by atoms with E-state index in [9.17, 15) is 37.9 Å². The number of ether oxygens (including phenoxy) is 4. The highest BCUT2D eigenvalue weighted by atomic mass is 19.3. The van der Waals surface area contributed by atoms with Crippen LogP contribution in [0, 0.1) is 6.92 Å². The quantitative estimate of drug-likeness (QED) is 0.0365. The molecule has 6 aromatic rings. The molecule has 0 spiro atoms. The Kier molecular flexibility index (Phi) is 15.8. The van der Waals surface area contributed by atoms with Gasteiger partial charge in [-0.25, -0.2) is 9.97 Å². The number of fused-ring (bicyclic) bond motifs is 2. The summed E-state index contributed by atoms with van der Waals surface area (Å²) in [4.78, 5) is 74.9. The molecule has 9 rings (SSSR count). The van der Waals surface area contributed by atoms with Crippen LogP contribution in [0.25, 0.3) is 22.2 Å². The number of carbonyl (C=O) groups excluding carboxylic acids is 4. The Bertz CT molecular complexity index is 3130. The summed E-state index contributed by atoms with van der Waals surface area (Å²) >= 11 is 0. The van der Waals surface area contributed by atoms with E-state index in [4.69, 9.17) is 19.2 Å². The van der Waals surface area contributed by atoms with Crippen LogP contribution in [-0.4, -0.2) is 120 Å². The Morgan fingerprint density at radius 2 is 1.65 bits per heavy atom. The maximum absolute atomic E-state index is 14.2. The molecule has 75 heavy (non-hydrogen) atoms. The van der Waals surface area contributed by atoms with Crippen LogP contribution >= 0.6 is 0 Å².